The number of nitrogens with one attached hydrogen (secondary N) is 2. The molecule has 0 saturated carbocycles. The molecule has 0 aliphatic carbocycles. The molecule has 0 unspecified atom stereocenters. The third-order valence-corrected chi connectivity index (χ3v) is 5.27. The van der Waals surface area contributed by atoms with E-state index in [-0.39, 0.29) is 5.91 Å². The van der Waals surface area contributed by atoms with Crippen LogP contribution in [-0.4, -0.2) is 52.4 Å². The van der Waals surface area contributed by atoms with E-state index < -0.39 is 0 Å². The Hall–Kier alpha value is -2.91. The minimum Gasteiger partial charge on any atom is -0.378 e. The molecule has 1 fully saturated rings. The average Bonchev–Trinajstić information content (AvgIpc) is 3.27. The van der Waals surface area contributed by atoms with E-state index in [1.807, 2.05) is 36.4 Å². The quantitative estimate of drug-likeness (QED) is 0.618. The van der Waals surface area contributed by atoms with Crippen molar-refractivity contribution in [2.75, 3.05) is 36.5 Å². The summed E-state index contributed by atoms with van der Waals surface area (Å²) in [7, 11) is 0. The molecule has 1 aromatic carbocycles. The summed E-state index contributed by atoms with van der Waals surface area (Å²) in [5.41, 5.74) is 2.38. The smallest absolute Gasteiger partial charge is 0.255 e. The molecule has 1 aliphatic heterocycles. The summed E-state index contributed by atoms with van der Waals surface area (Å²) in [6, 6.07) is 11.3. The number of nitrogens with zero attached hydrogens (tertiary/aromatic N) is 4. The second kappa shape index (κ2) is 8.85. The lowest BCUT2D eigenvalue weighted by atomic mass is 10.1. The Kier molecular flexibility index (Phi) is 5.83. The Balaban J connectivity index is 1.32. The lowest BCUT2D eigenvalue weighted by molar-refractivity contribution is 0.102. The number of ether oxygens (including phenoxy) is 1. The number of hydrogen-bond donors (Lipinski definition) is 2. The first-order valence-electron chi connectivity index (χ1n) is 8.95. The fourth-order valence-corrected chi connectivity index (χ4v) is 3.55. The highest BCUT2D eigenvalue weighted by Gasteiger charge is 2.13. The zero-order chi connectivity index (χ0) is 19.2. The largest absolute Gasteiger partial charge is 0.378 e. The Morgan fingerprint density at radius 2 is 1.96 bits per heavy atom. The van der Waals surface area contributed by atoms with E-state index in [2.05, 4.69) is 30.4 Å². The topological polar surface area (TPSA) is 96.0 Å². The molecule has 9 heteroatoms. The minimum atomic E-state index is -0.157. The van der Waals surface area contributed by atoms with Crippen LogP contribution in [-0.2, 0) is 10.5 Å². The maximum absolute atomic E-state index is 12.5. The van der Waals surface area contributed by atoms with E-state index >= 15 is 0 Å². The number of aromatic nitrogens is 4. The van der Waals surface area contributed by atoms with Crippen molar-refractivity contribution in [2.24, 2.45) is 0 Å². The van der Waals surface area contributed by atoms with Gasteiger partial charge in [-0.1, -0.05) is 23.9 Å². The summed E-state index contributed by atoms with van der Waals surface area (Å²) in [6.45, 7) is 3.10. The van der Waals surface area contributed by atoms with Gasteiger partial charge < -0.3 is 15.0 Å². The molecule has 0 radical (unpaired) electrons. The van der Waals surface area contributed by atoms with Crippen molar-refractivity contribution in [1.29, 1.82) is 0 Å². The number of benzene rings is 1. The van der Waals surface area contributed by atoms with Crippen molar-refractivity contribution in [3.05, 3.63) is 60.0 Å². The minimum absolute atomic E-state index is 0.157. The third kappa shape index (κ3) is 4.68. The molecule has 0 spiro atoms. The highest BCUT2D eigenvalue weighted by Crippen LogP contribution is 2.19. The van der Waals surface area contributed by atoms with E-state index in [0.29, 0.717) is 24.5 Å². The highest BCUT2D eigenvalue weighted by atomic mass is 32.2. The number of carbonyl (C=O) groups is 1. The number of morpholine rings is 1. The van der Waals surface area contributed by atoms with Crippen LogP contribution >= 0.6 is 11.8 Å². The number of rotatable bonds is 6. The van der Waals surface area contributed by atoms with Gasteiger partial charge >= 0.3 is 0 Å². The van der Waals surface area contributed by atoms with Crippen LogP contribution in [0.1, 0.15) is 15.9 Å². The molecule has 2 N–H and O–H groups in total. The van der Waals surface area contributed by atoms with Crippen LogP contribution in [0.2, 0.25) is 0 Å². The number of amides is 1. The maximum atomic E-state index is 12.5. The molecule has 1 aliphatic rings. The lowest BCUT2D eigenvalue weighted by Crippen LogP contribution is -2.36. The zero-order valence-corrected chi connectivity index (χ0v) is 16.0. The molecule has 144 valence electrons. The van der Waals surface area contributed by atoms with Gasteiger partial charge in [0.15, 0.2) is 5.16 Å². The summed E-state index contributed by atoms with van der Waals surface area (Å²) in [5.74, 6) is 1.49. The fraction of sp³-hybridized carbons (Fsp3) is 0.263. The van der Waals surface area contributed by atoms with Gasteiger partial charge in [-0.15, -0.1) is 0 Å². The average molecular weight is 396 g/mol. The number of pyridine rings is 1. The number of carbonyl (C=O) groups excluding carboxylic acids is 1. The standard InChI is InChI=1S/C19H20N6O2S/c26-18(15-3-1-14(2-4-15)12-28-19-21-13-22-24-19)23-16-5-6-17(20-11-16)25-7-9-27-10-8-25/h1-6,11,13H,7-10,12H2,(H,23,26)(H,21,22,24). The van der Waals surface area contributed by atoms with E-state index in [9.17, 15) is 4.79 Å². The molecule has 1 saturated heterocycles. The highest BCUT2D eigenvalue weighted by molar-refractivity contribution is 7.98. The predicted octanol–water partition coefficient (Wildman–Crippen LogP) is 2.58. The molecular formula is C19H20N6O2S. The van der Waals surface area contributed by atoms with Crippen LogP contribution in [0.15, 0.2) is 54.1 Å². The summed E-state index contributed by atoms with van der Waals surface area (Å²) in [4.78, 5) is 23.2. The van der Waals surface area contributed by atoms with Gasteiger partial charge in [-0.05, 0) is 29.8 Å². The molecule has 3 aromatic rings. The number of H-pyrrole nitrogens is 1. The molecule has 2 aromatic heterocycles. The molecule has 28 heavy (non-hydrogen) atoms. The Labute approximate surface area is 166 Å². The first-order chi connectivity index (χ1) is 13.8. The zero-order valence-electron chi connectivity index (χ0n) is 15.2. The van der Waals surface area contributed by atoms with Gasteiger partial charge in [-0.25, -0.2) is 9.97 Å². The lowest BCUT2D eigenvalue weighted by Gasteiger charge is -2.27. The van der Waals surface area contributed by atoms with Crippen LogP contribution in [0.5, 0.6) is 0 Å². The monoisotopic (exact) mass is 396 g/mol. The van der Waals surface area contributed by atoms with Crippen molar-refractivity contribution < 1.29 is 9.53 Å². The van der Waals surface area contributed by atoms with E-state index in [4.69, 9.17) is 4.74 Å². The molecule has 3 heterocycles. The van der Waals surface area contributed by atoms with Gasteiger partial charge in [0.05, 0.1) is 25.1 Å². The van der Waals surface area contributed by atoms with Crippen LogP contribution in [0, 0.1) is 0 Å². The van der Waals surface area contributed by atoms with Gasteiger partial charge in [-0.3, -0.25) is 9.89 Å². The van der Waals surface area contributed by atoms with Gasteiger partial charge in [-0.2, -0.15) is 5.10 Å². The first kappa shape index (κ1) is 18.5. The van der Waals surface area contributed by atoms with Gasteiger partial charge in [0, 0.05) is 24.4 Å². The Morgan fingerprint density at radius 1 is 1.14 bits per heavy atom. The van der Waals surface area contributed by atoms with Crippen molar-refractivity contribution >= 4 is 29.2 Å². The Bertz CT molecular complexity index is 893. The van der Waals surface area contributed by atoms with E-state index in [0.717, 1.165) is 35.4 Å². The second-order valence-corrected chi connectivity index (χ2v) is 7.20. The fourth-order valence-electron chi connectivity index (χ4n) is 2.81. The third-order valence-electron chi connectivity index (χ3n) is 4.33. The van der Waals surface area contributed by atoms with Crippen LogP contribution in [0.4, 0.5) is 11.5 Å². The van der Waals surface area contributed by atoms with Crippen LogP contribution in [0.3, 0.4) is 0 Å². The van der Waals surface area contributed by atoms with Crippen LogP contribution < -0.4 is 10.2 Å². The predicted molar refractivity (Wildman–Crippen MR) is 108 cm³/mol. The second-order valence-electron chi connectivity index (χ2n) is 6.23. The van der Waals surface area contributed by atoms with Crippen molar-refractivity contribution in [2.45, 2.75) is 10.9 Å². The van der Waals surface area contributed by atoms with Crippen molar-refractivity contribution in [3.8, 4) is 0 Å². The number of aromatic amines is 1. The first-order valence-corrected chi connectivity index (χ1v) is 9.94. The summed E-state index contributed by atoms with van der Waals surface area (Å²) < 4.78 is 5.35. The maximum Gasteiger partial charge on any atom is 0.255 e. The van der Waals surface area contributed by atoms with Gasteiger partial charge in [0.1, 0.15) is 12.1 Å². The van der Waals surface area contributed by atoms with Gasteiger partial charge in [0.25, 0.3) is 5.91 Å². The molecule has 8 nitrogen and oxygen atoms in total. The molecule has 4 rings (SSSR count). The molecule has 0 atom stereocenters. The van der Waals surface area contributed by atoms with E-state index in [1.165, 1.54) is 6.33 Å². The Morgan fingerprint density at radius 3 is 2.64 bits per heavy atom. The normalized spacial score (nSPS) is 14.1. The molecule has 1 amide bonds. The summed E-state index contributed by atoms with van der Waals surface area (Å²) >= 11 is 1.56. The van der Waals surface area contributed by atoms with Gasteiger partial charge in [0.2, 0.25) is 0 Å². The van der Waals surface area contributed by atoms with E-state index in [1.54, 1.807) is 18.0 Å². The SMILES string of the molecule is O=C(Nc1ccc(N2CCOCC2)nc1)c1ccc(CSc2ncn[nH]2)cc1. The number of hydrogen-bond acceptors (Lipinski definition) is 7. The van der Waals surface area contributed by atoms with Crippen molar-refractivity contribution in [3.63, 3.8) is 0 Å². The van der Waals surface area contributed by atoms with Crippen molar-refractivity contribution in [1.82, 2.24) is 20.2 Å². The van der Waals surface area contributed by atoms with Crippen LogP contribution in [0.25, 0.3) is 0 Å². The molecular weight excluding hydrogens is 376 g/mol. The summed E-state index contributed by atoms with van der Waals surface area (Å²) in [5, 5.41) is 10.3. The molecule has 0 bridgehead atoms. The number of thioether (sulfide) groups is 1. The summed E-state index contributed by atoms with van der Waals surface area (Å²) in [6.07, 6.45) is 3.17. The number of anilines is 2.